The minimum atomic E-state index is -1.00. The monoisotopic (exact) mass is 513 g/mol. The minimum absolute atomic E-state index is 0.112. The second-order valence-corrected chi connectivity index (χ2v) is 7.72. The van der Waals surface area contributed by atoms with Gasteiger partial charge in [0.05, 0.1) is 6.54 Å². The molecule has 1 fully saturated rings. The van der Waals surface area contributed by atoms with Crippen LogP contribution in [-0.4, -0.2) is 100 Å². The van der Waals surface area contributed by atoms with Gasteiger partial charge in [0, 0.05) is 6.54 Å². The number of carboxylic acid groups (broad SMARTS) is 4. The molecule has 0 bridgehead atoms. The van der Waals surface area contributed by atoms with Gasteiger partial charge in [-0.05, 0) is 50.7 Å². The van der Waals surface area contributed by atoms with Crippen molar-refractivity contribution in [2.24, 2.45) is 22.9 Å². The van der Waals surface area contributed by atoms with Gasteiger partial charge in [0.2, 0.25) is 0 Å². The van der Waals surface area contributed by atoms with Gasteiger partial charge < -0.3 is 54.0 Å². The first-order valence-electron chi connectivity index (χ1n) is 10.2. The molecule has 0 radical (unpaired) electrons. The number of nitrogens with two attached hydrogens (primary N) is 4. The molecule has 15 N–H and O–H groups in total. The average molecular weight is 514 g/mol. The molecule has 0 amide bonds. The number of hydrogen-bond donors (Lipinski definition) is 11. The van der Waals surface area contributed by atoms with E-state index in [-0.39, 0.29) is 18.5 Å². The summed E-state index contributed by atoms with van der Waals surface area (Å²) in [7, 11) is 0. The smallest absolute Gasteiger partial charge is 0.320 e. The zero-order chi connectivity index (χ0) is 27.1. The van der Waals surface area contributed by atoms with Crippen molar-refractivity contribution in [1.82, 2.24) is 10.6 Å². The maximum absolute atomic E-state index is 10.2. The third-order valence-corrected chi connectivity index (χ3v) is 4.45. The first kappa shape index (κ1) is 35.9. The molecule has 1 saturated heterocycles. The van der Waals surface area contributed by atoms with Crippen LogP contribution in [0.15, 0.2) is 0 Å². The Morgan fingerprint density at radius 1 is 1.09 bits per heavy atom. The van der Waals surface area contributed by atoms with Gasteiger partial charge in [-0.1, -0.05) is 0 Å². The number of carboxylic acids is 4. The quantitative estimate of drug-likeness (QED) is 0.0783. The molecule has 3 atom stereocenters. The van der Waals surface area contributed by atoms with E-state index in [4.69, 9.17) is 43.0 Å². The molecule has 15 nitrogen and oxygen atoms in total. The van der Waals surface area contributed by atoms with Crippen molar-refractivity contribution in [1.29, 1.82) is 5.41 Å². The van der Waals surface area contributed by atoms with Crippen LogP contribution in [0.5, 0.6) is 0 Å². The highest BCUT2D eigenvalue weighted by Crippen LogP contribution is 2.03. The molecule has 0 unspecified atom stereocenters. The summed E-state index contributed by atoms with van der Waals surface area (Å²) in [5.74, 6) is -2.90. The molecule has 0 aliphatic carbocycles. The molecule has 200 valence electrons. The molecule has 1 rings (SSSR count). The largest absolute Gasteiger partial charge is 0.480 e. The zero-order valence-corrected chi connectivity index (χ0v) is 20.1. The molecule has 34 heavy (non-hydrogen) atoms. The Labute approximate surface area is 202 Å². The lowest BCUT2D eigenvalue weighted by Crippen LogP contribution is -2.34. The van der Waals surface area contributed by atoms with E-state index in [1.54, 1.807) is 11.8 Å². The van der Waals surface area contributed by atoms with E-state index >= 15 is 0 Å². The number of carbonyl (C=O) groups is 4. The summed E-state index contributed by atoms with van der Waals surface area (Å²) < 4.78 is 0. The highest BCUT2D eigenvalue weighted by molar-refractivity contribution is 7.98. The maximum Gasteiger partial charge on any atom is 0.320 e. The Morgan fingerprint density at radius 3 is 1.88 bits per heavy atom. The number of rotatable bonds is 11. The molecule has 1 heterocycles. The summed E-state index contributed by atoms with van der Waals surface area (Å²) in [6.07, 6.45) is 5.24. The summed E-state index contributed by atoms with van der Waals surface area (Å²) >= 11 is 1.60. The van der Waals surface area contributed by atoms with E-state index in [0.717, 1.165) is 25.1 Å². The third kappa shape index (κ3) is 27.4. The predicted molar refractivity (Wildman–Crippen MR) is 129 cm³/mol. The van der Waals surface area contributed by atoms with Crippen LogP contribution in [0.4, 0.5) is 0 Å². The highest BCUT2D eigenvalue weighted by atomic mass is 32.2. The third-order valence-electron chi connectivity index (χ3n) is 3.81. The topological polar surface area (TPSA) is 301 Å². The van der Waals surface area contributed by atoms with Crippen LogP contribution in [0.2, 0.25) is 0 Å². The lowest BCUT2D eigenvalue weighted by molar-refractivity contribution is -0.139. The first-order chi connectivity index (χ1) is 15.8. The first-order valence-corrected chi connectivity index (χ1v) is 11.6. The standard InChI is InChI=1S/C6H14N4O2.C5H11NO2S.C5H9NO2.C2H5NO2/c7-4(5(11)12)2-1-3-10-6(8)9;1-9-3-2-4(6)5(7)8;7-5(8)4-2-1-3-6-4;3-1-2(4)5/h4H,1-3,7H2,(H,11,12)(H4,8,9,10);4H,2-3,6H2,1H3,(H,7,8);4,6H,1-3H2,(H,7,8);1,3H2,(H,4,5)/t3*4-;/m000./s1. The van der Waals surface area contributed by atoms with Crippen molar-refractivity contribution in [3.05, 3.63) is 0 Å². The van der Waals surface area contributed by atoms with Crippen molar-refractivity contribution >= 4 is 41.6 Å². The minimum Gasteiger partial charge on any atom is -0.480 e. The van der Waals surface area contributed by atoms with Gasteiger partial charge in [-0.2, -0.15) is 11.8 Å². The van der Waals surface area contributed by atoms with Crippen molar-refractivity contribution in [3.8, 4) is 0 Å². The molecule has 0 aromatic heterocycles. The van der Waals surface area contributed by atoms with Crippen molar-refractivity contribution in [2.75, 3.05) is 31.6 Å². The lowest BCUT2D eigenvalue weighted by atomic mass is 10.2. The molecule has 0 aromatic rings. The maximum atomic E-state index is 10.2. The fraction of sp³-hybridized carbons (Fsp3) is 0.722. The van der Waals surface area contributed by atoms with Crippen LogP contribution in [0.1, 0.15) is 32.1 Å². The van der Waals surface area contributed by atoms with E-state index < -0.39 is 36.0 Å². The molecule has 0 spiro atoms. The Kier molecular flexibility index (Phi) is 24.8. The lowest BCUT2D eigenvalue weighted by Gasteiger charge is -2.06. The number of aliphatic carboxylic acids is 4. The molecule has 0 aromatic carbocycles. The summed E-state index contributed by atoms with van der Waals surface area (Å²) in [5, 5.41) is 44.8. The Bertz CT molecular complexity index is 607. The summed E-state index contributed by atoms with van der Waals surface area (Å²) in [6.45, 7) is 1.06. The van der Waals surface area contributed by atoms with Crippen molar-refractivity contribution < 1.29 is 39.6 Å². The van der Waals surface area contributed by atoms with Crippen LogP contribution < -0.4 is 33.6 Å². The van der Waals surface area contributed by atoms with Crippen LogP contribution in [0.3, 0.4) is 0 Å². The van der Waals surface area contributed by atoms with Gasteiger partial charge in [-0.25, -0.2) is 0 Å². The van der Waals surface area contributed by atoms with Crippen LogP contribution >= 0.6 is 11.8 Å². The van der Waals surface area contributed by atoms with Crippen LogP contribution in [0.25, 0.3) is 0 Å². The Hall–Kier alpha value is -2.66. The van der Waals surface area contributed by atoms with Crippen LogP contribution in [0, 0.1) is 5.41 Å². The molecular weight excluding hydrogens is 474 g/mol. The fourth-order valence-electron chi connectivity index (χ4n) is 1.93. The number of guanidine groups is 1. The van der Waals surface area contributed by atoms with E-state index in [1.165, 1.54) is 0 Å². The predicted octanol–water partition coefficient (Wildman–Crippen LogP) is -2.33. The van der Waals surface area contributed by atoms with Gasteiger partial charge in [-0.3, -0.25) is 24.6 Å². The van der Waals surface area contributed by atoms with Gasteiger partial charge in [-0.15, -0.1) is 0 Å². The number of nitrogens with one attached hydrogen (secondary N) is 3. The van der Waals surface area contributed by atoms with Gasteiger partial charge in [0.15, 0.2) is 5.96 Å². The number of hydrogen-bond acceptors (Lipinski definition) is 10. The van der Waals surface area contributed by atoms with Gasteiger partial charge >= 0.3 is 23.9 Å². The summed E-state index contributed by atoms with van der Waals surface area (Å²) in [6, 6.07) is -1.77. The zero-order valence-electron chi connectivity index (χ0n) is 19.2. The fourth-order valence-corrected chi connectivity index (χ4v) is 2.42. The Morgan fingerprint density at radius 2 is 1.59 bits per heavy atom. The van der Waals surface area contributed by atoms with E-state index in [1.807, 2.05) is 6.26 Å². The van der Waals surface area contributed by atoms with E-state index in [9.17, 15) is 19.2 Å². The van der Waals surface area contributed by atoms with E-state index in [0.29, 0.717) is 25.8 Å². The molecule has 0 saturated carbocycles. The van der Waals surface area contributed by atoms with E-state index in [2.05, 4.69) is 16.4 Å². The summed E-state index contributed by atoms with van der Waals surface area (Å²) in [4.78, 5) is 39.7. The van der Waals surface area contributed by atoms with Crippen molar-refractivity contribution in [2.45, 2.75) is 50.2 Å². The average Bonchev–Trinajstić information content (AvgIpc) is 3.31. The summed E-state index contributed by atoms with van der Waals surface area (Å²) in [5.41, 5.74) is 20.0. The molecule has 16 heteroatoms. The molecule has 1 aliphatic rings. The second-order valence-electron chi connectivity index (χ2n) is 6.74. The molecule has 1 aliphatic heterocycles. The van der Waals surface area contributed by atoms with Gasteiger partial charge in [0.1, 0.15) is 18.1 Å². The number of thioether (sulfide) groups is 1. The van der Waals surface area contributed by atoms with Gasteiger partial charge in [0.25, 0.3) is 0 Å². The SMILES string of the molecule is CSCC[C@H](N)C(=O)O.N=C(N)NCCC[C@H](N)C(=O)O.NCC(=O)O.O=C(O)[C@@H]1CCCN1. The normalized spacial score (nSPS) is 15.5. The Balaban J connectivity index is -0.000000392. The highest BCUT2D eigenvalue weighted by Gasteiger charge is 2.20. The molecular formula is C18H39N7O8S. The second kappa shape index (κ2) is 23.5. The van der Waals surface area contributed by atoms with Crippen LogP contribution in [-0.2, 0) is 19.2 Å². The van der Waals surface area contributed by atoms with Crippen molar-refractivity contribution in [3.63, 3.8) is 0 Å².